The molecule has 0 N–H and O–H groups in total. The van der Waals surface area contributed by atoms with Gasteiger partial charge in [-0.25, -0.2) is 14.3 Å². The summed E-state index contributed by atoms with van der Waals surface area (Å²) in [5, 5.41) is 8.59. The molecule has 3 aromatic rings. The van der Waals surface area contributed by atoms with E-state index in [0.717, 1.165) is 22.9 Å². The summed E-state index contributed by atoms with van der Waals surface area (Å²) >= 11 is 0. The SMILES string of the molecule is Cc1nc(C)n(C[C@H](C)C(=O)N(C)Cc2cccc(-n3cccn3)c2)n1. The second kappa shape index (κ2) is 7.51. The van der Waals surface area contributed by atoms with E-state index in [1.807, 2.05) is 69.0 Å². The van der Waals surface area contributed by atoms with Crippen LogP contribution in [-0.2, 0) is 17.9 Å². The number of aryl methyl sites for hydroxylation is 2. The van der Waals surface area contributed by atoms with Crippen LogP contribution in [0.1, 0.15) is 24.1 Å². The second-order valence-corrected chi connectivity index (χ2v) is 6.60. The van der Waals surface area contributed by atoms with Crippen LogP contribution < -0.4 is 0 Å². The monoisotopic (exact) mass is 352 g/mol. The molecule has 0 unspecified atom stereocenters. The van der Waals surface area contributed by atoms with Crippen LogP contribution in [0, 0.1) is 19.8 Å². The van der Waals surface area contributed by atoms with Gasteiger partial charge in [-0.2, -0.15) is 10.2 Å². The number of hydrogen-bond acceptors (Lipinski definition) is 4. The van der Waals surface area contributed by atoms with Gasteiger partial charge in [0.15, 0.2) is 0 Å². The molecule has 0 bridgehead atoms. The zero-order valence-corrected chi connectivity index (χ0v) is 15.6. The fraction of sp³-hybridized carbons (Fsp3) is 0.368. The summed E-state index contributed by atoms with van der Waals surface area (Å²) in [6.07, 6.45) is 3.65. The second-order valence-electron chi connectivity index (χ2n) is 6.60. The van der Waals surface area contributed by atoms with Crippen LogP contribution in [-0.4, -0.2) is 42.4 Å². The number of amides is 1. The standard InChI is InChI=1S/C19H24N6O/c1-14(12-25-16(3)21-15(2)22-25)19(26)23(4)13-17-7-5-8-18(11-17)24-10-6-9-20-24/h5-11,14H,12-13H2,1-4H3/t14-/m0/s1. The third-order valence-electron chi connectivity index (χ3n) is 4.31. The lowest BCUT2D eigenvalue weighted by atomic mass is 10.1. The number of rotatable bonds is 6. The highest BCUT2D eigenvalue weighted by molar-refractivity contribution is 5.78. The van der Waals surface area contributed by atoms with Crippen LogP contribution in [0.3, 0.4) is 0 Å². The van der Waals surface area contributed by atoms with E-state index in [2.05, 4.69) is 15.2 Å². The molecule has 0 aliphatic heterocycles. The van der Waals surface area contributed by atoms with E-state index in [1.54, 1.807) is 15.8 Å². The first-order valence-electron chi connectivity index (χ1n) is 8.66. The molecular weight excluding hydrogens is 328 g/mol. The maximum Gasteiger partial charge on any atom is 0.227 e. The minimum Gasteiger partial charge on any atom is -0.341 e. The molecule has 0 saturated carbocycles. The van der Waals surface area contributed by atoms with E-state index in [9.17, 15) is 4.79 Å². The Morgan fingerprint density at radius 3 is 2.73 bits per heavy atom. The minimum absolute atomic E-state index is 0.0852. The van der Waals surface area contributed by atoms with E-state index in [-0.39, 0.29) is 11.8 Å². The lowest BCUT2D eigenvalue weighted by molar-refractivity contribution is -0.134. The third kappa shape index (κ3) is 3.99. The van der Waals surface area contributed by atoms with Crippen LogP contribution in [0.15, 0.2) is 42.7 Å². The fourth-order valence-corrected chi connectivity index (χ4v) is 3.02. The molecule has 0 fully saturated rings. The van der Waals surface area contributed by atoms with Gasteiger partial charge < -0.3 is 4.90 Å². The van der Waals surface area contributed by atoms with Gasteiger partial charge in [0.25, 0.3) is 0 Å². The van der Waals surface area contributed by atoms with Crippen molar-refractivity contribution in [3.05, 3.63) is 59.9 Å². The van der Waals surface area contributed by atoms with Gasteiger partial charge in [0.05, 0.1) is 18.2 Å². The van der Waals surface area contributed by atoms with Crippen molar-refractivity contribution in [2.24, 2.45) is 5.92 Å². The minimum atomic E-state index is -0.172. The summed E-state index contributed by atoms with van der Waals surface area (Å²) in [5.74, 6) is 1.47. The highest BCUT2D eigenvalue weighted by atomic mass is 16.2. The van der Waals surface area contributed by atoms with Crippen LogP contribution in [0.5, 0.6) is 0 Å². The normalized spacial score (nSPS) is 12.2. The zero-order chi connectivity index (χ0) is 18.7. The van der Waals surface area contributed by atoms with Gasteiger partial charge in [-0.15, -0.1) is 0 Å². The first-order valence-corrected chi connectivity index (χ1v) is 8.66. The molecule has 0 saturated heterocycles. The molecule has 7 heteroatoms. The first kappa shape index (κ1) is 17.8. The van der Waals surface area contributed by atoms with Crippen molar-refractivity contribution in [1.82, 2.24) is 29.4 Å². The number of hydrogen-bond donors (Lipinski definition) is 0. The molecule has 0 spiro atoms. The van der Waals surface area contributed by atoms with E-state index in [1.165, 1.54) is 0 Å². The van der Waals surface area contributed by atoms with Gasteiger partial charge in [0.1, 0.15) is 11.6 Å². The lowest BCUT2D eigenvalue weighted by Gasteiger charge is -2.22. The van der Waals surface area contributed by atoms with Crippen molar-refractivity contribution < 1.29 is 4.79 Å². The molecule has 3 rings (SSSR count). The molecule has 0 aliphatic carbocycles. The quantitative estimate of drug-likeness (QED) is 0.683. The van der Waals surface area contributed by atoms with Crippen LogP contribution >= 0.6 is 0 Å². The van der Waals surface area contributed by atoms with Crippen molar-refractivity contribution in [3.8, 4) is 5.69 Å². The Kier molecular flexibility index (Phi) is 5.16. The van der Waals surface area contributed by atoms with Gasteiger partial charge >= 0.3 is 0 Å². The Morgan fingerprint density at radius 2 is 2.08 bits per heavy atom. The Hall–Kier alpha value is -2.96. The highest BCUT2D eigenvalue weighted by Gasteiger charge is 2.19. The van der Waals surface area contributed by atoms with Gasteiger partial charge in [-0.05, 0) is 37.6 Å². The smallest absolute Gasteiger partial charge is 0.227 e. The maximum absolute atomic E-state index is 12.7. The van der Waals surface area contributed by atoms with E-state index < -0.39 is 0 Å². The molecule has 26 heavy (non-hydrogen) atoms. The molecule has 1 amide bonds. The molecule has 0 radical (unpaired) electrons. The highest BCUT2D eigenvalue weighted by Crippen LogP contribution is 2.13. The summed E-state index contributed by atoms with van der Waals surface area (Å²) in [6, 6.07) is 9.93. The largest absolute Gasteiger partial charge is 0.341 e. The van der Waals surface area contributed by atoms with Gasteiger partial charge in [0, 0.05) is 26.0 Å². The number of benzene rings is 1. The maximum atomic E-state index is 12.7. The number of carbonyl (C=O) groups excluding carboxylic acids is 1. The topological polar surface area (TPSA) is 68.8 Å². The Labute approximate surface area is 153 Å². The molecule has 2 heterocycles. The summed E-state index contributed by atoms with van der Waals surface area (Å²) in [7, 11) is 1.83. The summed E-state index contributed by atoms with van der Waals surface area (Å²) in [5.41, 5.74) is 2.05. The average Bonchev–Trinajstić information content (AvgIpc) is 3.24. The Morgan fingerprint density at radius 1 is 1.27 bits per heavy atom. The number of nitrogens with zero attached hydrogens (tertiary/aromatic N) is 6. The molecule has 1 atom stereocenters. The predicted molar refractivity (Wildman–Crippen MR) is 98.7 cm³/mol. The molecule has 2 aromatic heterocycles. The van der Waals surface area contributed by atoms with Crippen molar-refractivity contribution in [3.63, 3.8) is 0 Å². The van der Waals surface area contributed by atoms with E-state index in [4.69, 9.17) is 0 Å². The van der Waals surface area contributed by atoms with Crippen molar-refractivity contribution in [1.29, 1.82) is 0 Å². The zero-order valence-electron chi connectivity index (χ0n) is 15.6. The van der Waals surface area contributed by atoms with Gasteiger partial charge in [0.2, 0.25) is 5.91 Å². The van der Waals surface area contributed by atoms with Crippen LogP contribution in [0.2, 0.25) is 0 Å². The Balaban J connectivity index is 1.65. The van der Waals surface area contributed by atoms with Crippen molar-refractivity contribution in [2.75, 3.05) is 7.05 Å². The van der Waals surface area contributed by atoms with Crippen LogP contribution in [0.4, 0.5) is 0 Å². The summed E-state index contributed by atoms with van der Waals surface area (Å²) < 4.78 is 3.61. The average molecular weight is 352 g/mol. The van der Waals surface area contributed by atoms with Crippen LogP contribution in [0.25, 0.3) is 5.69 Å². The molecule has 136 valence electrons. The molecule has 1 aromatic carbocycles. The van der Waals surface area contributed by atoms with Crippen molar-refractivity contribution >= 4 is 5.91 Å². The Bertz CT molecular complexity index is 883. The van der Waals surface area contributed by atoms with Gasteiger partial charge in [-0.1, -0.05) is 19.1 Å². The fourth-order valence-electron chi connectivity index (χ4n) is 3.02. The van der Waals surface area contributed by atoms with E-state index >= 15 is 0 Å². The number of aromatic nitrogens is 5. The van der Waals surface area contributed by atoms with Gasteiger partial charge in [-0.3, -0.25) is 4.79 Å². The molecule has 0 aliphatic rings. The summed E-state index contributed by atoms with van der Waals surface area (Å²) in [4.78, 5) is 18.8. The summed E-state index contributed by atoms with van der Waals surface area (Å²) in [6.45, 7) is 6.77. The van der Waals surface area contributed by atoms with Crippen molar-refractivity contribution in [2.45, 2.75) is 33.9 Å². The number of carbonyl (C=O) groups is 1. The lowest BCUT2D eigenvalue weighted by Crippen LogP contribution is -2.33. The third-order valence-corrected chi connectivity index (χ3v) is 4.31. The predicted octanol–water partition coefficient (Wildman–Crippen LogP) is 2.38. The van der Waals surface area contributed by atoms with E-state index in [0.29, 0.717) is 13.1 Å². The molecular formula is C19H24N6O. The first-order chi connectivity index (χ1) is 12.4. The molecule has 7 nitrogen and oxygen atoms in total.